The zero-order valence-electron chi connectivity index (χ0n) is 8.64. The van der Waals surface area contributed by atoms with Gasteiger partial charge in [0, 0.05) is 0 Å². The van der Waals surface area contributed by atoms with Crippen molar-refractivity contribution in [1.82, 2.24) is 9.78 Å². The van der Waals surface area contributed by atoms with Crippen molar-refractivity contribution in [3.05, 3.63) is 41.6 Å². The van der Waals surface area contributed by atoms with Crippen molar-refractivity contribution in [2.45, 2.75) is 6.92 Å². The predicted octanol–water partition coefficient (Wildman–Crippen LogP) is 2.14. The third-order valence-corrected chi connectivity index (χ3v) is 2.48. The standard InChI is InChI=1S/C11H10ClN3O/c1-7-9(10(12)16)11(13)15(14-7)8-5-3-2-4-6-8/h2-6H,13H2,1H3. The van der Waals surface area contributed by atoms with Crippen molar-refractivity contribution >= 4 is 22.7 Å². The molecule has 0 spiro atoms. The van der Waals surface area contributed by atoms with E-state index < -0.39 is 5.24 Å². The summed E-state index contributed by atoms with van der Waals surface area (Å²) in [4.78, 5) is 11.2. The van der Waals surface area contributed by atoms with E-state index in [4.69, 9.17) is 17.3 Å². The number of benzene rings is 1. The van der Waals surface area contributed by atoms with Crippen molar-refractivity contribution in [3.63, 3.8) is 0 Å². The molecule has 0 saturated carbocycles. The monoisotopic (exact) mass is 235 g/mol. The topological polar surface area (TPSA) is 60.9 Å². The van der Waals surface area contributed by atoms with E-state index in [1.165, 1.54) is 4.68 Å². The molecule has 1 aromatic carbocycles. The molecule has 2 rings (SSSR count). The summed E-state index contributed by atoms with van der Waals surface area (Å²) in [6.07, 6.45) is 0. The first-order valence-electron chi connectivity index (χ1n) is 4.71. The van der Waals surface area contributed by atoms with Crippen LogP contribution in [0.2, 0.25) is 0 Å². The fraction of sp³-hybridized carbons (Fsp3) is 0.0909. The normalized spacial score (nSPS) is 10.4. The second-order valence-corrected chi connectivity index (χ2v) is 3.71. The average Bonchev–Trinajstić information content (AvgIpc) is 2.55. The Hall–Kier alpha value is -1.81. The zero-order valence-corrected chi connectivity index (χ0v) is 9.40. The molecule has 0 amide bonds. The van der Waals surface area contributed by atoms with E-state index in [0.717, 1.165) is 5.69 Å². The largest absolute Gasteiger partial charge is 0.383 e. The van der Waals surface area contributed by atoms with Gasteiger partial charge in [-0.15, -0.1) is 0 Å². The van der Waals surface area contributed by atoms with E-state index in [-0.39, 0.29) is 11.4 Å². The van der Waals surface area contributed by atoms with Crippen molar-refractivity contribution in [2.24, 2.45) is 0 Å². The van der Waals surface area contributed by atoms with Crippen molar-refractivity contribution in [2.75, 3.05) is 5.73 Å². The van der Waals surface area contributed by atoms with Crippen molar-refractivity contribution < 1.29 is 4.79 Å². The van der Waals surface area contributed by atoms with Crippen LogP contribution in [-0.2, 0) is 0 Å². The number of carbonyl (C=O) groups is 1. The molecular weight excluding hydrogens is 226 g/mol. The first-order chi connectivity index (χ1) is 7.61. The molecule has 2 N–H and O–H groups in total. The molecule has 16 heavy (non-hydrogen) atoms. The Labute approximate surface area is 97.6 Å². The van der Waals surface area contributed by atoms with Gasteiger partial charge in [0.25, 0.3) is 5.24 Å². The van der Waals surface area contributed by atoms with Crippen LogP contribution in [0.1, 0.15) is 16.1 Å². The number of nitrogens with zero attached hydrogens (tertiary/aromatic N) is 2. The minimum Gasteiger partial charge on any atom is -0.383 e. The summed E-state index contributed by atoms with van der Waals surface area (Å²) in [7, 11) is 0. The number of nitrogen functional groups attached to an aromatic ring is 1. The molecule has 0 aliphatic heterocycles. The highest BCUT2D eigenvalue weighted by Gasteiger charge is 2.18. The van der Waals surface area contributed by atoms with Gasteiger partial charge in [-0.3, -0.25) is 4.79 Å². The SMILES string of the molecule is Cc1nn(-c2ccccc2)c(N)c1C(=O)Cl. The van der Waals surface area contributed by atoms with Gasteiger partial charge in [0.15, 0.2) is 0 Å². The van der Waals surface area contributed by atoms with E-state index in [0.29, 0.717) is 5.69 Å². The summed E-state index contributed by atoms with van der Waals surface area (Å²) in [5.74, 6) is 0.267. The van der Waals surface area contributed by atoms with Gasteiger partial charge in [0.05, 0.1) is 16.9 Å². The minimum atomic E-state index is -0.586. The number of hydrogen-bond acceptors (Lipinski definition) is 3. The molecule has 0 fully saturated rings. The van der Waals surface area contributed by atoms with Crippen LogP contribution >= 0.6 is 11.6 Å². The van der Waals surface area contributed by atoms with Gasteiger partial charge in [-0.1, -0.05) is 18.2 Å². The molecule has 0 aliphatic rings. The molecule has 1 heterocycles. The third kappa shape index (κ3) is 1.67. The summed E-state index contributed by atoms with van der Waals surface area (Å²) in [5.41, 5.74) is 7.43. The van der Waals surface area contributed by atoms with Gasteiger partial charge in [-0.05, 0) is 30.7 Å². The lowest BCUT2D eigenvalue weighted by Gasteiger charge is -2.02. The highest BCUT2D eigenvalue weighted by molar-refractivity contribution is 6.68. The van der Waals surface area contributed by atoms with Crippen LogP contribution in [0.25, 0.3) is 5.69 Å². The molecule has 0 unspecified atom stereocenters. The molecular formula is C11H10ClN3O. The van der Waals surface area contributed by atoms with Crippen LogP contribution in [0.4, 0.5) is 5.82 Å². The number of rotatable bonds is 2. The first kappa shape index (κ1) is 10.7. The van der Waals surface area contributed by atoms with Gasteiger partial charge in [0.1, 0.15) is 5.82 Å². The van der Waals surface area contributed by atoms with Gasteiger partial charge in [0.2, 0.25) is 0 Å². The molecule has 1 aromatic heterocycles. The lowest BCUT2D eigenvalue weighted by molar-refractivity contribution is 0.108. The molecule has 0 bridgehead atoms. The highest BCUT2D eigenvalue weighted by atomic mass is 35.5. The Balaban J connectivity index is 2.61. The second kappa shape index (κ2) is 3.98. The lowest BCUT2D eigenvalue weighted by Crippen LogP contribution is -2.03. The predicted molar refractivity (Wildman–Crippen MR) is 62.9 cm³/mol. The number of anilines is 1. The molecule has 5 heteroatoms. The van der Waals surface area contributed by atoms with Crippen LogP contribution in [0.5, 0.6) is 0 Å². The number of nitrogens with two attached hydrogens (primary N) is 1. The van der Waals surface area contributed by atoms with Crippen LogP contribution in [0.15, 0.2) is 30.3 Å². The zero-order chi connectivity index (χ0) is 11.7. The maximum atomic E-state index is 11.2. The van der Waals surface area contributed by atoms with Crippen molar-refractivity contribution in [3.8, 4) is 5.69 Å². The second-order valence-electron chi connectivity index (χ2n) is 3.37. The Morgan fingerprint density at radius 3 is 2.50 bits per heavy atom. The Kier molecular flexibility index (Phi) is 2.66. The van der Waals surface area contributed by atoms with Gasteiger partial charge in [-0.25, -0.2) is 4.68 Å². The van der Waals surface area contributed by atoms with Crippen LogP contribution in [-0.4, -0.2) is 15.0 Å². The minimum absolute atomic E-state index is 0.267. The van der Waals surface area contributed by atoms with Crippen molar-refractivity contribution in [1.29, 1.82) is 0 Å². The van der Waals surface area contributed by atoms with Gasteiger partial charge < -0.3 is 5.73 Å². The van der Waals surface area contributed by atoms with E-state index in [9.17, 15) is 4.79 Å². The fourth-order valence-corrected chi connectivity index (χ4v) is 1.79. The quantitative estimate of drug-likeness (QED) is 0.812. The molecule has 2 aromatic rings. The molecule has 0 atom stereocenters. The number of halogens is 1. The van der Waals surface area contributed by atoms with Crippen LogP contribution in [0.3, 0.4) is 0 Å². The molecule has 0 aliphatic carbocycles. The van der Waals surface area contributed by atoms with E-state index >= 15 is 0 Å². The summed E-state index contributed by atoms with van der Waals surface area (Å²) < 4.78 is 1.50. The molecule has 0 radical (unpaired) electrons. The van der Waals surface area contributed by atoms with E-state index in [1.807, 2.05) is 30.3 Å². The highest BCUT2D eigenvalue weighted by Crippen LogP contribution is 2.21. The van der Waals surface area contributed by atoms with Crippen LogP contribution in [0, 0.1) is 6.92 Å². The number of para-hydroxylation sites is 1. The van der Waals surface area contributed by atoms with E-state index in [2.05, 4.69) is 5.10 Å². The molecule has 82 valence electrons. The number of carbonyl (C=O) groups excluding carboxylic acids is 1. The van der Waals surface area contributed by atoms with Crippen LogP contribution < -0.4 is 5.73 Å². The maximum absolute atomic E-state index is 11.2. The average molecular weight is 236 g/mol. The fourth-order valence-electron chi connectivity index (χ4n) is 1.55. The molecule has 0 saturated heterocycles. The lowest BCUT2D eigenvalue weighted by atomic mass is 10.2. The Morgan fingerprint density at radius 2 is 2.00 bits per heavy atom. The number of hydrogen-bond donors (Lipinski definition) is 1. The number of aryl methyl sites for hydroxylation is 1. The Bertz CT molecular complexity index is 534. The first-order valence-corrected chi connectivity index (χ1v) is 5.09. The number of aromatic nitrogens is 2. The maximum Gasteiger partial charge on any atom is 0.258 e. The van der Waals surface area contributed by atoms with E-state index in [1.54, 1.807) is 6.92 Å². The van der Waals surface area contributed by atoms with Gasteiger partial charge >= 0.3 is 0 Å². The molecule has 4 nitrogen and oxygen atoms in total. The third-order valence-electron chi connectivity index (χ3n) is 2.29. The summed E-state index contributed by atoms with van der Waals surface area (Å²) >= 11 is 5.44. The Morgan fingerprint density at radius 1 is 1.38 bits per heavy atom. The smallest absolute Gasteiger partial charge is 0.258 e. The summed E-state index contributed by atoms with van der Waals surface area (Å²) in [6, 6.07) is 9.34. The summed E-state index contributed by atoms with van der Waals surface area (Å²) in [5, 5.41) is 3.60. The van der Waals surface area contributed by atoms with Gasteiger partial charge in [-0.2, -0.15) is 5.10 Å². The summed E-state index contributed by atoms with van der Waals surface area (Å²) in [6.45, 7) is 1.70.